The zero-order valence-corrected chi connectivity index (χ0v) is 11.3. The summed E-state index contributed by atoms with van der Waals surface area (Å²) in [5, 5.41) is 3.84. The van der Waals surface area contributed by atoms with E-state index < -0.39 is 0 Å². The third-order valence-corrected chi connectivity index (χ3v) is 2.77. The number of hydrogen-bond acceptors (Lipinski definition) is 4. The monoisotopic (exact) mass is 264 g/mol. The molecule has 0 aliphatic heterocycles. The molecule has 0 amide bonds. The van der Waals surface area contributed by atoms with Gasteiger partial charge in [-0.15, -0.1) is 0 Å². The van der Waals surface area contributed by atoms with Gasteiger partial charge in [0.05, 0.1) is 19.3 Å². The molecule has 1 heterocycles. The van der Waals surface area contributed by atoms with Crippen molar-refractivity contribution in [1.29, 1.82) is 0 Å². The highest BCUT2D eigenvalue weighted by Crippen LogP contribution is 2.19. The van der Waals surface area contributed by atoms with Gasteiger partial charge in [-0.05, 0) is 31.7 Å². The Morgan fingerprint density at radius 3 is 2.68 bits per heavy atom. The first-order valence-corrected chi connectivity index (χ1v) is 6.01. The van der Waals surface area contributed by atoms with Gasteiger partial charge in [-0.25, -0.2) is 4.39 Å². The molecule has 0 saturated carbocycles. The van der Waals surface area contributed by atoms with Gasteiger partial charge in [0.15, 0.2) is 17.3 Å². The highest BCUT2D eigenvalue weighted by Gasteiger charge is 2.08. The molecular formula is C14H17FN2O2. The summed E-state index contributed by atoms with van der Waals surface area (Å²) in [6.45, 7) is 3.14. The lowest BCUT2D eigenvalue weighted by molar-refractivity contribution is 0.265. The smallest absolute Gasteiger partial charge is 0.165 e. The van der Waals surface area contributed by atoms with Crippen molar-refractivity contribution in [3.63, 3.8) is 0 Å². The second-order valence-corrected chi connectivity index (χ2v) is 4.58. The number of aryl methyl sites for hydroxylation is 1. The molecule has 0 bridgehead atoms. The molecule has 4 nitrogen and oxygen atoms in total. The molecule has 5 heteroatoms. The van der Waals surface area contributed by atoms with Crippen LogP contribution in [0.4, 0.5) is 4.39 Å². The zero-order chi connectivity index (χ0) is 13.8. The van der Waals surface area contributed by atoms with E-state index >= 15 is 0 Å². The Kier molecular flexibility index (Phi) is 4.16. The van der Waals surface area contributed by atoms with Gasteiger partial charge >= 0.3 is 0 Å². The summed E-state index contributed by atoms with van der Waals surface area (Å²) in [6.07, 6.45) is 0. The average molecular weight is 264 g/mol. The standard InChI is InChI=1S/C14H17FN2O2/c1-10-6-12(19-16-10)9-17(2)8-11-4-5-14(18-3)13(15)7-11/h4-7H,8-9H2,1-3H3. The Bertz CT molecular complexity index is 554. The third-order valence-electron chi connectivity index (χ3n) is 2.77. The molecule has 19 heavy (non-hydrogen) atoms. The van der Waals surface area contributed by atoms with Crippen molar-refractivity contribution in [3.8, 4) is 5.75 Å². The Balaban J connectivity index is 1.98. The summed E-state index contributed by atoms with van der Waals surface area (Å²) in [4.78, 5) is 2.03. The van der Waals surface area contributed by atoms with Gasteiger partial charge in [0.1, 0.15) is 0 Å². The fraction of sp³-hybridized carbons (Fsp3) is 0.357. The molecule has 1 aromatic heterocycles. The van der Waals surface area contributed by atoms with E-state index in [0.29, 0.717) is 13.1 Å². The van der Waals surface area contributed by atoms with Crippen LogP contribution >= 0.6 is 0 Å². The van der Waals surface area contributed by atoms with Crippen molar-refractivity contribution in [2.45, 2.75) is 20.0 Å². The summed E-state index contributed by atoms with van der Waals surface area (Å²) in [7, 11) is 3.40. The van der Waals surface area contributed by atoms with Crippen LogP contribution in [0.3, 0.4) is 0 Å². The highest BCUT2D eigenvalue weighted by molar-refractivity contribution is 5.29. The summed E-state index contributed by atoms with van der Waals surface area (Å²) < 4.78 is 23.6. The van der Waals surface area contributed by atoms with Crippen molar-refractivity contribution in [2.24, 2.45) is 0 Å². The van der Waals surface area contributed by atoms with Gasteiger partial charge in [0.2, 0.25) is 0 Å². The van der Waals surface area contributed by atoms with Crippen LogP contribution in [0.5, 0.6) is 5.75 Å². The lowest BCUT2D eigenvalue weighted by atomic mass is 10.2. The normalized spacial score (nSPS) is 11.0. The number of benzene rings is 1. The molecule has 0 N–H and O–H groups in total. The summed E-state index contributed by atoms with van der Waals surface area (Å²) >= 11 is 0. The van der Waals surface area contributed by atoms with E-state index in [1.54, 1.807) is 6.07 Å². The van der Waals surface area contributed by atoms with Crippen molar-refractivity contribution in [2.75, 3.05) is 14.2 Å². The molecule has 102 valence electrons. The van der Waals surface area contributed by atoms with Crippen molar-refractivity contribution in [1.82, 2.24) is 10.1 Å². The van der Waals surface area contributed by atoms with E-state index in [4.69, 9.17) is 9.26 Å². The SMILES string of the molecule is COc1ccc(CN(C)Cc2cc(C)no2)cc1F. The van der Waals surface area contributed by atoms with E-state index in [-0.39, 0.29) is 11.6 Å². The molecule has 0 fully saturated rings. The molecule has 1 aromatic carbocycles. The molecule has 0 aliphatic carbocycles. The van der Waals surface area contributed by atoms with E-state index in [1.165, 1.54) is 13.2 Å². The van der Waals surface area contributed by atoms with Gasteiger partial charge in [0.25, 0.3) is 0 Å². The fourth-order valence-electron chi connectivity index (χ4n) is 1.93. The second kappa shape index (κ2) is 5.84. The fourth-order valence-corrected chi connectivity index (χ4v) is 1.93. The molecule has 0 atom stereocenters. The van der Waals surface area contributed by atoms with Crippen LogP contribution in [0.2, 0.25) is 0 Å². The predicted molar refractivity (Wildman–Crippen MR) is 69.4 cm³/mol. The Labute approximate surface area is 111 Å². The highest BCUT2D eigenvalue weighted by atomic mass is 19.1. The Morgan fingerprint density at radius 1 is 1.32 bits per heavy atom. The van der Waals surface area contributed by atoms with Crippen LogP contribution < -0.4 is 4.74 Å². The first kappa shape index (κ1) is 13.5. The van der Waals surface area contributed by atoms with Crippen molar-refractivity contribution >= 4 is 0 Å². The third kappa shape index (κ3) is 3.54. The van der Waals surface area contributed by atoms with Gasteiger partial charge in [-0.3, -0.25) is 4.90 Å². The first-order valence-electron chi connectivity index (χ1n) is 6.01. The quantitative estimate of drug-likeness (QED) is 0.832. The molecule has 0 spiro atoms. The maximum Gasteiger partial charge on any atom is 0.165 e. The van der Waals surface area contributed by atoms with E-state index in [0.717, 1.165) is 17.0 Å². The average Bonchev–Trinajstić information content (AvgIpc) is 2.74. The Hall–Kier alpha value is -1.88. The molecule has 0 unspecified atom stereocenters. The van der Waals surface area contributed by atoms with Gasteiger partial charge in [-0.1, -0.05) is 11.2 Å². The number of hydrogen-bond donors (Lipinski definition) is 0. The number of nitrogens with zero attached hydrogens (tertiary/aromatic N) is 2. The van der Waals surface area contributed by atoms with E-state index in [9.17, 15) is 4.39 Å². The van der Waals surface area contributed by atoms with E-state index in [1.807, 2.05) is 31.0 Å². The number of ether oxygens (including phenoxy) is 1. The predicted octanol–water partition coefficient (Wildman–Crippen LogP) is 2.76. The molecular weight excluding hydrogens is 247 g/mol. The second-order valence-electron chi connectivity index (χ2n) is 4.58. The molecule has 0 radical (unpaired) electrons. The Morgan fingerprint density at radius 2 is 2.11 bits per heavy atom. The van der Waals surface area contributed by atoms with Gasteiger partial charge in [0, 0.05) is 12.6 Å². The van der Waals surface area contributed by atoms with Crippen LogP contribution in [0.1, 0.15) is 17.0 Å². The minimum absolute atomic E-state index is 0.261. The summed E-state index contributed by atoms with van der Waals surface area (Å²) in [6, 6.07) is 6.87. The number of methoxy groups -OCH3 is 1. The van der Waals surface area contributed by atoms with Crippen LogP contribution in [0, 0.1) is 12.7 Å². The van der Waals surface area contributed by atoms with Crippen LogP contribution in [0.15, 0.2) is 28.8 Å². The van der Waals surface area contributed by atoms with Crippen LogP contribution in [-0.2, 0) is 13.1 Å². The maximum absolute atomic E-state index is 13.6. The summed E-state index contributed by atoms with van der Waals surface area (Å²) in [5.41, 5.74) is 1.75. The number of rotatable bonds is 5. The molecule has 0 saturated heterocycles. The minimum atomic E-state index is -0.344. The first-order chi connectivity index (χ1) is 9.08. The largest absolute Gasteiger partial charge is 0.494 e. The maximum atomic E-state index is 13.6. The molecule has 0 aliphatic rings. The minimum Gasteiger partial charge on any atom is -0.494 e. The number of aromatic nitrogens is 1. The van der Waals surface area contributed by atoms with Crippen molar-refractivity contribution in [3.05, 3.63) is 47.1 Å². The van der Waals surface area contributed by atoms with Crippen molar-refractivity contribution < 1.29 is 13.7 Å². The lowest BCUT2D eigenvalue weighted by Gasteiger charge is -2.15. The topological polar surface area (TPSA) is 38.5 Å². The van der Waals surface area contributed by atoms with E-state index in [2.05, 4.69) is 5.16 Å². The molecule has 2 aromatic rings. The zero-order valence-electron chi connectivity index (χ0n) is 11.3. The number of halogens is 1. The summed E-state index contributed by atoms with van der Waals surface area (Å²) in [5.74, 6) is 0.718. The van der Waals surface area contributed by atoms with Crippen LogP contribution in [-0.4, -0.2) is 24.2 Å². The van der Waals surface area contributed by atoms with Gasteiger partial charge < -0.3 is 9.26 Å². The van der Waals surface area contributed by atoms with Gasteiger partial charge in [-0.2, -0.15) is 0 Å². The lowest BCUT2D eigenvalue weighted by Crippen LogP contribution is -2.17. The molecule has 2 rings (SSSR count). The van der Waals surface area contributed by atoms with Crippen LogP contribution in [0.25, 0.3) is 0 Å².